The molecule has 27 heavy (non-hydrogen) atoms. The van der Waals surface area contributed by atoms with Crippen LogP contribution in [-0.2, 0) is 11.3 Å². The summed E-state index contributed by atoms with van der Waals surface area (Å²) in [7, 11) is 0. The van der Waals surface area contributed by atoms with E-state index in [2.05, 4.69) is 4.90 Å². The monoisotopic (exact) mass is 365 g/mol. The van der Waals surface area contributed by atoms with Crippen molar-refractivity contribution >= 4 is 16.9 Å². The number of aryl methyl sites for hydroxylation is 1. The predicted molar refractivity (Wildman–Crippen MR) is 106 cm³/mol. The number of fused-ring (bicyclic) bond motifs is 1. The van der Waals surface area contributed by atoms with Crippen molar-refractivity contribution in [2.75, 3.05) is 31.2 Å². The van der Waals surface area contributed by atoms with Crippen molar-refractivity contribution in [3.05, 3.63) is 69.4 Å². The lowest BCUT2D eigenvalue weighted by Crippen LogP contribution is -2.37. The second-order valence-electron chi connectivity index (χ2n) is 6.80. The van der Waals surface area contributed by atoms with E-state index in [0.717, 1.165) is 30.0 Å². The molecule has 0 amide bonds. The first kappa shape index (κ1) is 17.6. The fraction of sp³-hybridized carbons (Fsp3) is 0.318. The summed E-state index contributed by atoms with van der Waals surface area (Å²) in [5.74, 6) is 1.37. The smallest absolute Gasteiger partial charge is 0.203 e. The van der Waals surface area contributed by atoms with Gasteiger partial charge in [0.15, 0.2) is 5.43 Å². The van der Waals surface area contributed by atoms with Crippen LogP contribution in [0.3, 0.4) is 0 Å². The van der Waals surface area contributed by atoms with Crippen LogP contribution in [0, 0.1) is 13.8 Å². The first-order chi connectivity index (χ1) is 13.1. The van der Waals surface area contributed by atoms with Gasteiger partial charge in [-0.2, -0.15) is 0 Å². The third-order valence-corrected chi connectivity index (χ3v) is 5.00. The lowest BCUT2D eigenvalue weighted by molar-refractivity contribution is 0.120. The highest BCUT2D eigenvalue weighted by molar-refractivity contribution is 5.84. The molecule has 5 heteroatoms. The van der Waals surface area contributed by atoms with Crippen LogP contribution in [0.1, 0.15) is 16.7 Å². The Labute approximate surface area is 158 Å². The van der Waals surface area contributed by atoms with E-state index < -0.39 is 0 Å². The second kappa shape index (κ2) is 7.45. The van der Waals surface area contributed by atoms with Crippen LogP contribution in [0.2, 0.25) is 0 Å². The van der Waals surface area contributed by atoms with Crippen LogP contribution >= 0.6 is 0 Å². The molecule has 5 nitrogen and oxygen atoms in total. The second-order valence-corrected chi connectivity index (χ2v) is 6.80. The molecule has 1 aliphatic rings. The molecule has 3 aromatic rings. The Morgan fingerprint density at radius 1 is 1.00 bits per heavy atom. The summed E-state index contributed by atoms with van der Waals surface area (Å²) in [4.78, 5) is 15.0. The van der Waals surface area contributed by atoms with E-state index in [9.17, 15) is 4.79 Å². The van der Waals surface area contributed by atoms with Gasteiger partial charge in [0, 0.05) is 18.7 Å². The molecule has 0 aliphatic carbocycles. The van der Waals surface area contributed by atoms with Crippen LogP contribution in [0.4, 0.5) is 5.88 Å². The Hall–Kier alpha value is -2.79. The van der Waals surface area contributed by atoms with Crippen LogP contribution in [0.15, 0.2) is 51.7 Å². The van der Waals surface area contributed by atoms with E-state index in [1.807, 2.05) is 50.2 Å². The fourth-order valence-corrected chi connectivity index (χ4v) is 3.42. The first-order valence-electron chi connectivity index (χ1n) is 9.21. The van der Waals surface area contributed by atoms with Gasteiger partial charge < -0.3 is 18.8 Å². The molecule has 0 N–H and O–H groups in total. The zero-order valence-electron chi connectivity index (χ0n) is 15.7. The van der Waals surface area contributed by atoms with Crippen LogP contribution < -0.4 is 15.1 Å². The van der Waals surface area contributed by atoms with E-state index in [1.165, 1.54) is 0 Å². The lowest BCUT2D eigenvalue weighted by Gasteiger charge is -2.28. The molecule has 140 valence electrons. The Balaban J connectivity index is 1.72. The summed E-state index contributed by atoms with van der Waals surface area (Å²) >= 11 is 0. The van der Waals surface area contributed by atoms with Crippen molar-refractivity contribution in [3.63, 3.8) is 0 Å². The third-order valence-electron chi connectivity index (χ3n) is 5.00. The number of nitrogens with zero attached hydrogens (tertiary/aromatic N) is 1. The lowest BCUT2D eigenvalue weighted by atomic mass is 10.1. The average molecular weight is 365 g/mol. The first-order valence-corrected chi connectivity index (χ1v) is 9.21. The van der Waals surface area contributed by atoms with E-state index >= 15 is 0 Å². The van der Waals surface area contributed by atoms with Gasteiger partial charge in [-0.05, 0) is 31.5 Å². The third kappa shape index (κ3) is 3.43. The van der Waals surface area contributed by atoms with E-state index in [0.29, 0.717) is 42.2 Å². The predicted octanol–water partition coefficient (Wildman–Crippen LogP) is 3.83. The summed E-state index contributed by atoms with van der Waals surface area (Å²) in [5.41, 5.74) is 3.18. The number of anilines is 1. The van der Waals surface area contributed by atoms with Gasteiger partial charge >= 0.3 is 0 Å². The molecule has 1 aromatic heterocycles. The largest absolute Gasteiger partial charge is 0.488 e. The van der Waals surface area contributed by atoms with Crippen molar-refractivity contribution in [3.8, 4) is 5.75 Å². The number of morpholine rings is 1. The molecule has 4 rings (SSSR count). The molecule has 0 bridgehead atoms. The van der Waals surface area contributed by atoms with Crippen molar-refractivity contribution in [2.24, 2.45) is 0 Å². The zero-order chi connectivity index (χ0) is 18.8. The van der Waals surface area contributed by atoms with E-state index in [-0.39, 0.29) is 5.43 Å². The van der Waals surface area contributed by atoms with Gasteiger partial charge in [0.05, 0.1) is 24.2 Å². The number of ether oxygens (including phenoxy) is 2. The molecular formula is C22H23NO4. The molecule has 0 spiro atoms. The standard InChI is InChI=1S/C22H23NO4/c1-15-19(26-14-17-6-4-3-5-7-17)9-8-18-20(24)16(2)22(27-21(15)18)23-10-12-25-13-11-23/h3-9H,10-14H2,1-2H3. The molecular weight excluding hydrogens is 342 g/mol. The number of rotatable bonds is 4. The minimum atomic E-state index is 0.00968. The molecule has 0 radical (unpaired) electrons. The molecule has 1 aliphatic heterocycles. The Kier molecular flexibility index (Phi) is 4.86. The zero-order valence-corrected chi connectivity index (χ0v) is 15.7. The Morgan fingerprint density at radius 3 is 2.48 bits per heavy atom. The average Bonchev–Trinajstić information content (AvgIpc) is 2.71. The van der Waals surface area contributed by atoms with Crippen molar-refractivity contribution in [1.29, 1.82) is 0 Å². The number of hydrogen-bond acceptors (Lipinski definition) is 5. The van der Waals surface area contributed by atoms with E-state index in [4.69, 9.17) is 13.9 Å². The van der Waals surface area contributed by atoms with Crippen LogP contribution in [0.5, 0.6) is 5.75 Å². The topological polar surface area (TPSA) is 51.9 Å². The van der Waals surface area contributed by atoms with Gasteiger partial charge in [-0.15, -0.1) is 0 Å². The number of benzene rings is 2. The summed E-state index contributed by atoms with van der Waals surface area (Å²) in [6, 6.07) is 13.7. The molecule has 2 heterocycles. The normalized spacial score (nSPS) is 14.5. The van der Waals surface area contributed by atoms with Gasteiger partial charge in [0.1, 0.15) is 17.9 Å². The summed E-state index contributed by atoms with van der Waals surface area (Å²) in [5, 5.41) is 0.592. The van der Waals surface area contributed by atoms with E-state index in [1.54, 1.807) is 6.07 Å². The molecule has 1 saturated heterocycles. The maximum atomic E-state index is 12.9. The van der Waals surface area contributed by atoms with Gasteiger partial charge in [-0.25, -0.2) is 0 Å². The Bertz CT molecular complexity index is 1000. The highest BCUT2D eigenvalue weighted by Crippen LogP contribution is 2.31. The summed E-state index contributed by atoms with van der Waals surface area (Å²) in [6.45, 7) is 6.95. The minimum absolute atomic E-state index is 0.00968. The van der Waals surface area contributed by atoms with Crippen molar-refractivity contribution in [2.45, 2.75) is 20.5 Å². The molecule has 0 atom stereocenters. The van der Waals surface area contributed by atoms with Crippen molar-refractivity contribution in [1.82, 2.24) is 0 Å². The highest BCUT2D eigenvalue weighted by atomic mass is 16.5. The quantitative estimate of drug-likeness (QED) is 0.703. The molecule has 2 aromatic carbocycles. The van der Waals surface area contributed by atoms with Gasteiger partial charge in [-0.1, -0.05) is 30.3 Å². The van der Waals surface area contributed by atoms with Crippen LogP contribution in [-0.4, -0.2) is 26.3 Å². The van der Waals surface area contributed by atoms with Gasteiger partial charge in [0.2, 0.25) is 5.88 Å². The summed E-state index contributed by atoms with van der Waals surface area (Å²) in [6.07, 6.45) is 0. The van der Waals surface area contributed by atoms with Crippen molar-refractivity contribution < 1.29 is 13.9 Å². The van der Waals surface area contributed by atoms with Crippen LogP contribution in [0.25, 0.3) is 11.0 Å². The fourth-order valence-electron chi connectivity index (χ4n) is 3.42. The minimum Gasteiger partial charge on any atom is -0.488 e. The molecule has 0 unspecified atom stereocenters. The Morgan fingerprint density at radius 2 is 1.74 bits per heavy atom. The molecule has 1 fully saturated rings. The SMILES string of the molecule is Cc1c(N2CCOCC2)oc2c(C)c(OCc3ccccc3)ccc2c1=O. The maximum Gasteiger partial charge on any atom is 0.203 e. The number of hydrogen-bond donors (Lipinski definition) is 0. The molecule has 0 saturated carbocycles. The van der Waals surface area contributed by atoms with Gasteiger partial charge in [-0.3, -0.25) is 4.79 Å². The highest BCUT2D eigenvalue weighted by Gasteiger charge is 2.21. The summed E-state index contributed by atoms with van der Waals surface area (Å²) < 4.78 is 17.6. The maximum absolute atomic E-state index is 12.9. The van der Waals surface area contributed by atoms with Gasteiger partial charge in [0.25, 0.3) is 0 Å².